The van der Waals surface area contributed by atoms with Crippen LogP contribution in [0.5, 0.6) is 0 Å². The van der Waals surface area contributed by atoms with Gasteiger partial charge in [0.1, 0.15) is 0 Å². The fourth-order valence-corrected chi connectivity index (χ4v) is 2.69. The fourth-order valence-electron chi connectivity index (χ4n) is 2.05. The van der Waals surface area contributed by atoms with E-state index in [4.69, 9.17) is 4.74 Å². The highest BCUT2D eigenvalue weighted by Gasteiger charge is 2.21. The quantitative estimate of drug-likeness (QED) is 0.794. The molecule has 1 aliphatic rings. The lowest BCUT2D eigenvalue weighted by molar-refractivity contribution is -0.137. The fraction of sp³-hybridized carbons (Fsp3) is 0.429. The minimum atomic E-state index is -0.218. The number of nitrogens with zero attached hydrogens (tertiary/aromatic N) is 1. The normalized spacial score (nSPS) is 18.7. The maximum absolute atomic E-state index is 12.0. The molecular weight excluding hydrogens is 371 g/mol. The van der Waals surface area contributed by atoms with Crippen molar-refractivity contribution in [1.82, 2.24) is 10.2 Å². The first-order valence-electron chi connectivity index (χ1n) is 6.50. The van der Waals surface area contributed by atoms with Crippen LogP contribution >= 0.6 is 22.6 Å². The molecule has 0 bridgehead atoms. The van der Waals surface area contributed by atoms with Crippen LogP contribution in [0.1, 0.15) is 17.3 Å². The van der Waals surface area contributed by atoms with Crippen LogP contribution in [0.25, 0.3) is 0 Å². The Labute approximate surface area is 131 Å². The van der Waals surface area contributed by atoms with Gasteiger partial charge in [-0.15, -0.1) is 0 Å². The van der Waals surface area contributed by atoms with E-state index in [0.717, 1.165) is 3.57 Å². The second kappa shape index (κ2) is 7.03. The third-order valence-corrected chi connectivity index (χ3v) is 4.05. The molecule has 5 nitrogen and oxygen atoms in total. The van der Waals surface area contributed by atoms with Crippen LogP contribution in [-0.4, -0.2) is 49.1 Å². The van der Waals surface area contributed by atoms with Gasteiger partial charge in [-0.05, 0) is 41.6 Å². The summed E-state index contributed by atoms with van der Waals surface area (Å²) in [4.78, 5) is 25.8. The molecule has 1 aromatic rings. The third kappa shape index (κ3) is 3.92. The summed E-state index contributed by atoms with van der Waals surface area (Å²) < 4.78 is 6.26. The minimum Gasteiger partial charge on any atom is -0.375 e. The molecule has 1 N–H and O–H groups in total. The van der Waals surface area contributed by atoms with Gasteiger partial charge >= 0.3 is 0 Å². The Morgan fingerprint density at radius 3 is 2.90 bits per heavy atom. The highest BCUT2D eigenvalue weighted by Crippen LogP contribution is 2.11. The molecule has 1 aromatic carbocycles. The summed E-state index contributed by atoms with van der Waals surface area (Å²) in [5, 5.41) is 2.68. The number of carbonyl (C=O) groups is 2. The van der Waals surface area contributed by atoms with E-state index in [0.29, 0.717) is 25.3 Å². The zero-order valence-electron chi connectivity index (χ0n) is 11.3. The van der Waals surface area contributed by atoms with Gasteiger partial charge in [-0.25, -0.2) is 0 Å². The van der Waals surface area contributed by atoms with E-state index in [9.17, 15) is 9.59 Å². The standard InChI is InChI=1S/C14H17IN2O3/c1-10-9-17(6-7-20-10)13(18)8-16-14(19)11-4-2-3-5-12(11)15/h2-5,10H,6-9H2,1H3,(H,16,19). The summed E-state index contributed by atoms with van der Waals surface area (Å²) in [6, 6.07) is 7.29. The predicted molar refractivity (Wildman–Crippen MR) is 83.5 cm³/mol. The van der Waals surface area contributed by atoms with Crippen molar-refractivity contribution in [1.29, 1.82) is 0 Å². The number of ether oxygens (including phenoxy) is 1. The maximum atomic E-state index is 12.0. The van der Waals surface area contributed by atoms with E-state index in [-0.39, 0.29) is 24.5 Å². The molecule has 1 unspecified atom stereocenters. The van der Waals surface area contributed by atoms with Crippen molar-refractivity contribution >= 4 is 34.4 Å². The Morgan fingerprint density at radius 1 is 1.45 bits per heavy atom. The molecule has 108 valence electrons. The lowest BCUT2D eigenvalue weighted by Gasteiger charge is -2.31. The molecular formula is C14H17IN2O3. The molecule has 20 heavy (non-hydrogen) atoms. The first-order chi connectivity index (χ1) is 9.58. The molecule has 0 aliphatic carbocycles. The number of nitrogens with one attached hydrogen (secondary N) is 1. The number of benzene rings is 1. The van der Waals surface area contributed by atoms with Crippen LogP contribution in [0.15, 0.2) is 24.3 Å². The van der Waals surface area contributed by atoms with Gasteiger partial charge in [-0.1, -0.05) is 12.1 Å². The van der Waals surface area contributed by atoms with E-state index in [2.05, 4.69) is 27.9 Å². The Morgan fingerprint density at radius 2 is 2.20 bits per heavy atom. The molecule has 1 heterocycles. The largest absolute Gasteiger partial charge is 0.375 e. The van der Waals surface area contributed by atoms with Gasteiger partial charge < -0.3 is 15.0 Å². The van der Waals surface area contributed by atoms with Gasteiger partial charge in [0.25, 0.3) is 5.91 Å². The number of hydrogen-bond acceptors (Lipinski definition) is 3. The smallest absolute Gasteiger partial charge is 0.252 e. The summed E-state index contributed by atoms with van der Waals surface area (Å²) >= 11 is 2.11. The predicted octanol–water partition coefficient (Wildman–Crippen LogP) is 1.27. The molecule has 1 fully saturated rings. The first kappa shape index (κ1) is 15.2. The average Bonchev–Trinajstić information content (AvgIpc) is 2.45. The average molecular weight is 388 g/mol. The summed E-state index contributed by atoms with van der Waals surface area (Å²) in [6.45, 7) is 3.68. The van der Waals surface area contributed by atoms with Crippen molar-refractivity contribution in [3.05, 3.63) is 33.4 Å². The molecule has 0 aromatic heterocycles. The second-order valence-electron chi connectivity index (χ2n) is 4.68. The number of morpholine rings is 1. The number of hydrogen-bond donors (Lipinski definition) is 1. The van der Waals surface area contributed by atoms with Gasteiger partial charge in [-0.3, -0.25) is 9.59 Å². The lowest BCUT2D eigenvalue weighted by Crippen LogP contribution is -2.48. The number of halogens is 1. The van der Waals surface area contributed by atoms with E-state index in [1.165, 1.54) is 0 Å². The molecule has 1 saturated heterocycles. The Balaban J connectivity index is 1.87. The van der Waals surface area contributed by atoms with E-state index in [1.54, 1.807) is 11.0 Å². The highest BCUT2D eigenvalue weighted by atomic mass is 127. The Bertz CT molecular complexity index is 507. The number of amides is 2. The van der Waals surface area contributed by atoms with Gasteiger partial charge in [0.05, 0.1) is 24.8 Å². The minimum absolute atomic E-state index is 0.0243. The van der Waals surface area contributed by atoms with Crippen molar-refractivity contribution in [2.75, 3.05) is 26.2 Å². The molecule has 0 saturated carbocycles. The van der Waals surface area contributed by atoms with Gasteiger partial charge in [-0.2, -0.15) is 0 Å². The van der Waals surface area contributed by atoms with E-state index >= 15 is 0 Å². The maximum Gasteiger partial charge on any atom is 0.252 e. The second-order valence-corrected chi connectivity index (χ2v) is 5.85. The molecule has 2 amide bonds. The van der Waals surface area contributed by atoms with Crippen LogP contribution in [0, 0.1) is 3.57 Å². The lowest BCUT2D eigenvalue weighted by atomic mass is 10.2. The first-order valence-corrected chi connectivity index (χ1v) is 7.58. The zero-order valence-corrected chi connectivity index (χ0v) is 13.4. The molecule has 0 spiro atoms. The van der Waals surface area contributed by atoms with E-state index in [1.807, 2.05) is 25.1 Å². The Kier molecular flexibility index (Phi) is 5.36. The van der Waals surface area contributed by atoms with Gasteiger partial charge in [0.15, 0.2) is 0 Å². The van der Waals surface area contributed by atoms with Crippen molar-refractivity contribution in [3.63, 3.8) is 0 Å². The molecule has 6 heteroatoms. The summed E-state index contributed by atoms with van der Waals surface area (Å²) in [5.74, 6) is -0.288. The number of rotatable bonds is 3. The van der Waals surface area contributed by atoms with Crippen LogP contribution in [-0.2, 0) is 9.53 Å². The highest BCUT2D eigenvalue weighted by molar-refractivity contribution is 14.1. The Hall–Kier alpha value is -1.15. The third-order valence-electron chi connectivity index (χ3n) is 3.11. The van der Waals surface area contributed by atoms with Crippen molar-refractivity contribution < 1.29 is 14.3 Å². The van der Waals surface area contributed by atoms with Gasteiger partial charge in [0.2, 0.25) is 5.91 Å². The summed E-state index contributed by atoms with van der Waals surface area (Å²) in [7, 11) is 0. The topological polar surface area (TPSA) is 58.6 Å². The van der Waals surface area contributed by atoms with Crippen molar-refractivity contribution in [3.8, 4) is 0 Å². The SMILES string of the molecule is CC1CN(C(=O)CNC(=O)c2ccccc2I)CCO1. The molecule has 1 atom stereocenters. The molecule has 2 rings (SSSR count). The van der Waals surface area contributed by atoms with E-state index < -0.39 is 0 Å². The van der Waals surface area contributed by atoms with Crippen LogP contribution < -0.4 is 5.32 Å². The van der Waals surface area contributed by atoms with Gasteiger partial charge in [0, 0.05) is 16.7 Å². The van der Waals surface area contributed by atoms with Crippen LogP contribution in [0.2, 0.25) is 0 Å². The summed E-state index contributed by atoms with van der Waals surface area (Å²) in [5.41, 5.74) is 0.594. The zero-order chi connectivity index (χ0) is 14.5. The van der Waals surface area contributed by atoms with Crippen molar-refractivity contribution in [2.45, 2.75) is 13.0 Å². The summed E-state index contributed by atoms with van der Waals surface area (Å²) in [6.07, 6.45) is 0.0541. The molecule has 0 radical (unpaired) electrons. The molecule has 1 aliphatic heterocycles. The van der Waals surface area contributed by atoms with Crippen molar-refractivity contribution in [2.24, 2.45) is 0 Å². The number of carbonyl (C=O) groups excluding carboxylic acids is 2. The van der Waals surface area contributed by atoms with Crippen LogP contribution in [0.4, 0.5) is 0 Å². The van der Waals surface area contributed by atoms with Crippen LogP contribution in [0.3, 0.4) is 0 Å². The monoisotopic (exact) mass is 388 g/mol.